The molecule has 4 heteroatoms. The van der Waals surface area contributed by atoms with Gasteiger partial charge in [-0.15, -0.1) is 0 Å². The molecule has 0 saturated heterocycles. The number of rotatable bonds is 5. The van der Waals surface area contributed by atoms with Crippen molar-refractivity contribution in [1.82, 2.24) is 0 Å². The van der Waals surface area contributed by atoms with Crippen LogP contribution >= 0.6 is 0 Å². The van der Waals surface area contributed by atoms with Gasteiger partial charge in [0.15, 0.2) is 12.6 Å². The third-order valence-corrected chi connectivity index (χ3v) is 1.82. The van der Waals surface area contributed by atoms with Crippen molar-refractivity contribution in [3.05, 3.63) is 29.8 Å². The van der Waals surface area contributed by atoms with E-state index in [2.05, 4.69) is 0 Å². The van der Waals surface area contributed by atoms with Crippen molar-refractivity contribution in [3.8, 4) is 5.75 Å². The molecule has 0 unspecified atom stereocenters. The van der Waals surface area contributed by atoms with Gasteiger partial charge in [0.05, 0.1) is 6.42 Å². The summed E-state index contributed by atoms with van der Waals surface area (Å²) in [4.78, 5) is 22.1. The van der Waals surface area contributed by atoms with Gasteiger partial charge in [0.2, 0.25) is 0 Å². The average molecular weight is 208 g/mol. The zero-order valence-corrected chi connectivity index (χ0v) is 8.40. The average Bonchev–Trinajstić information content (AvgIpc) is 2.18. The Morgan fingerprint density at radius 3 is 2.33 bits per heavy atom. The number of hydrogen-bond donors (Lipinski definition) is 1. The van der Waals surface area contributed by atoms with E-state index in [4.69, 9.17) is 9.84 Å². The lowest BCUT2D eigenvalue weighted by Crippen LogP contribution is -2.04. The van der Waals surface area contributed by atoms with Crippen LogP contribution in [0.5, 0.6) is 5.75 Å². The van der Waals surface area contributed by atoms with E-state index in [9.17, 15) is 9.59 Å². The molecule has 1 N–H and O–H groups in total. The zero-order valence-electron chi connectivity index (χ0n) is 8.40. The summed E-state index contributed by atoms with van der Waals surface area (Å²) in [6.07, 6.45) is -0.0831. The summed E-state index contributed by atoms with van der Waals surface area (Å²) in [5.74, 6) is 0.116. The Bertz CT molecular complexity index is 353. The minimum absolute atomic E-state index is 0.0831. The van der Waals surface area contributed by atoms with Gasteiger partial charge in [0.25, 0.3) is 0 Å². The van der Waals surface area contributed by atoms with Gasteiger partial charge in [-0.25, -0.2) is 0 Å². The summed E-state index contributed by atoms with van der Waals surface area (Å²) in [5, 5.41) is 8.48. The van der Waals surface area contributed by atoms with E-state index in [0.717, 1.165) is 0 Å². The van der Waals surface area contributed by atoms with E-state index < -0.39 is 6.79 Å². The fourth-order valence-corrected chi connectivity index (χ4v) is 1.14. The molecular weight excluding hydrogens is 196 g/mol. The number of carbonyl (C=O) groups is 2. The second kappa shape index (κ2) is 5.26. The number of aliphatic hydroxyl groups is 1. The van der Waals surface area contributed by atoms with E-state index in [0.29, 0.717) is 11.3 Å². The molecule has 0 radical (unpaired) electrons. The van der Waals surface area contributed by atoms with E-state index in [1.165, 1.54) is 6.92 Å². The largest absolute Gasteiger partial charge is 0.468 e. The van der Waals surface area contributed by atoms with Crippen LogP contribution in [0.3, 0.4) is 0 Å². The molecule has 0 fully saturated rings. The maximum absolute atomic E-state index is 11.4. The van der Waals surface area contributed by atoms with Crippen LogP contribution in [0.4, 0.5) is 0 Å². The molecule has 1 aromatic rings. The molecule has 0 heterocycles. The summed E-state index contributed by atoms with van der Waals surface area (Å²) < 4.78 is 4.80. The first-order chi connectivity index (χ1) is 7.13. The predicted molar refractivity (Wildman–Crippen MR) is 53.8 cm³/mol. The molecule has 0 aliphatic carbocycles. The molecule has 0 spiro atoms. The highest BCUT2D eigenvalue weighted by molar-refractivity contribution is 6.07. The van der Waals surface area contributed by atoms with Gasteiger partial charge in [0, 0.05) is 5.56 Å². The van der Waals surface area contributed by atoms with Crippen LogP contribution in [-0.4, -0.2) is 23.5 Å². The Balaban J connectivity index is 2.71. The van der Waals surface area contributed by atoms with Crippen molar-refractivity contribution in [1.29, 1.82) is 0 Å². The molecule has 0 atom stereocenters. The molecule has 0 aliphatic heterocycles. The smallest absolute Gasteiger partial charge is 0.186 e. The Hall–Kier alpha value is -1.68. The fourth-order valence-electron chi connectivity index (χ4n) is 1.14. The van der Waals surface area contributed by atoms with Crippen LogP contribution in [0, 0.1) is 0 Å². The Labute approximate surface area is 87.5 Å². The lowest BCUT2D eigenvalue weighted by molar-refractivity contribution is -0.116. The van der Waals surface area contributed by atoms with Crippen LogP contribution in [0.15, 0.2) is 24.3 Å². The number of hydrogen-bond acceptors (Lipinski definition) is 4. The third-order valence-electron chi connectivity index (χ3n) is 1.82. The number of ketones is 2. The first-order valence-electron chi connectivity index (χ1n) is 4.50. The van der Waals surface area contributed by atoms with Gasteiger partial charge in [-0.1, -0.05) is 0 Å². The number of ether oxygens (including phenoxy) is 1. The highest BCUT2D eigenvalue weighted by Gasteiger charge is 2.08. The zero-order chi connectivity index (χ0) is 11.3. The quantitative estimate of drug-likeness (QED) is 0.448. The van der Waals surface area contributed by atoms with E-state index in [-0.39, 0.29) is 18.0 Å². The Morgan fingerprint density at radius 2 is 1.87 bits per heavy atom. The van der Waals surface area contributed by atoms with Crippen LogP contribution in [0.25, 0.3) is 0 Å². The maximum atomic E-state index is 11.4. The van der Waals surface area contributed by atoms with Crippen LogP contribution in [0.1, 0.15) is 23.7 Å². The van der Waals surface area contributed by atoms with Crippen LogP contribution < -0.4 is 4.74 Å². The number of carbonyl (C=O) groups excluding carboxylic acids is 2. The van der Waals surface area contributed by atoms with Crippen LogP contribution in [0.2, 0.25) is 0 Å². The summed E-state index contributed by atoms with van der Waals surface area (Å²) in [7, 11) is 0. The first kappa shape index (κ1) is 11.4. The fraction of sp³-hybridized carbons (Fsp3) is 0.273. The molecule has 1 rings (SSSR count). The third kappa shape index (κ3) is 3.52. The van der Waals surface area contributed by atoms with Crippen molar-refractivity contribution in [2.75, 3.05) is 6.79 Å². The van der Waals surface area contributed by atoms with Crippen LogP contribution in [-0.2, 0) is 4.79 Å². The van der Waals surface area contributed by atoms with Gasteiger partial charge in [-0.3, -0.25) is 9.59 Å². The van der Waals surface area contributed by atoms with Crippen molar-refractivity contribution in [2.24, 2.45) is 0 Å². The van der Waals surface area contributed by atoms with Crippen molar-refractivity contribution in [2.45, 2.75) is 13.3 Å². The molecule has 0 bridgehead atoms. The molecule has 0 aliphatic rings. The van der Waals surface area contributed by atoms with Gasteiger partial charge in [-0.2, -0.15) is 0 Å². The molecular formula is C11H12O4. The second-order valence-corrected chi connectivity index (χ2v) is 3.10. The van der Waals surface area contributed by atoms with Gasteiger partial charge in [0.1, 0.15) is 11.5 Å². The molecule has 15 heavy (non-hydrogen) atoms. The standard InChI is InChI=1S/C11H12O4/c1-8(13)6-11(14)9-2-4-10(5-3-9)15-7-12/h2-5,12H,6-7H2,1H3. The summed E-state index contributed by atoms with van der Waals surface area (Å²) in [5.41, 5.74) is 0.468. The van der Waals surface area contributed by atoms with Crippen molar-refractivity contribution in [3.63, 3.8) is 0 Å². The minimum Gasteiger partial charge on any atom is -0.468 e. The molecule has 0 aromatic heterocycles. The molecule has 80 valence electrons. The predicted octanol–water partition coefficient (Wildman–Crippen LogP) is 1.18. The number of aliphatic hydroxyl groups excluding tert-OH is 1. The topological polar surface area (TPSA) is 63.6 Å². The Morgan fingerprint density at radius 1 is 1.27 bits per heavy atom. The minimum atomic E-state index is -0.402. The first-order valence-corrected chi connectivity index (χ1v) is 4.50. The van der Waals surface area contributed by atoms with E-state index in [1.807, 2.05) is 0 Å². The highest BCUT2D eigenvalue weighted by atomic mass is 16.6. The number of benzene rings is 1. The number of Topliss-reactive ketones (excluding diaryl/α,β-unsaturated/α-hetero) is 2. The van der Waals surface area contributed by atoms with Gasteiger partial charge >= 0.3 is 0 Å². The Kier molecular flexibility index (Phi) is 4.00. The lowest BCUT2D eigenvalue weighted by atomic mass is 10.1. The van der Waals surface area contributed by atoms with E-state index in [1.54, 1.807) is 24.3 Å². The summed E-state index contributed by atoms with van der Waals surface area (Å²) in [6.45, 7) is 0.974. The molecule has 0 saturated carbocycles. The van der Waals surface area contributed by atoms with Gasteiger partial charge < -0.3 is 9.84 Å². The van der Waals surface area contributed by atoms with E-state index >= 15 is 0 Å². The highest BCUT2D eigenvalue weighted by Crippen LogP contribution is 2.13. The van der Waals surface area contributed by atoms with Crippen molar-refractivity contribution < 1.29 is 19.4 Å². The normalized spacial score (nSPS) is 9.73. The SMILES string of the molecule is CC(=O)CC(=O)c1ccc(OCO)cc1. The van der Waals surface area contributed by atoms with Gasteiger partial charge in [-0.05, 0) is 31.2 Å². The van der Waals surface area contributed by atoms with Crippen molar-refractivity contribution >= 4 is 11.6 Å². The molecule has 0 amide bonds. The molecule has 4 nitrogen and oxygen atoms in total. The monoisotopic (exact) mass is 208 g/mol. The summed E-state index contributed by atoms with van der Waals surface area (Å²) >= 11 is 0. The molecule has 1 aromatic carbocycles. The second-order valence-electron chi connectivity index (χ2n) is 3.10. The lowest BCUT2D eigenvalue weighted by Gasteiger charge is -2.02. The maximum Gasteiger partial charge on any atom is 0.186 e. The summed E-state index contributed by atoms with van der Waals surface area (Å²) in [6, 6.07) is 6.28.